The second-order valence-corrected chi connectivity index (χ2v) is 10.1. The molecule has 4 rings (SSSR count). The van der Waals surface area contributed by atoms with Gasteiger partial charge in [0.25, 0.3) is 0 Å². The van der Waals surface area contributed by atoms with Gasteiger partial charge in [0.1, 0.15) is 17.4 Å². The first-order chi connectivity index (χ1) is 17.4. The van der Waals surface area contributed by atoms with Gasteiger partial charge in [-0.15, -0.1) is 0 Å². The van der Waals surface area contributed by atoms with Crippen LogP contribution in [0.3, 0.4) is 0 Å². The highest BCUT2D eigenvalue weighted by molar-refractivity contribution is 6.02. The van der Waals surface area contributed by atoms with Crippen LogP contribution in [0.4, 0.5) is 0 Å². The third-order valence-electron chi connectivity index (χ3n) is 7.57. The van der Waals surface area contributed by atoms with Crippen LogP contribution in [-0.4, -0.2) is 72.6 Å². The van der Waals surface area contributed by atoms with Gasteiger partial charge in [-0.05, 0) is 44.2 Å². The van der Waals surface area contributed by atoms with Crippen LogP contribution in [0.2, 0.25) is 0 Å². The molecule has 7 nitrogen and oxygen atoms in total. The van der Waals surface area contributed by atoms with Crippen molar-refractivity contribution in [3.8, 4) is 5.75 Å². The summed E-state index contributed by atoms with van der Waals surface area (Å²) < 4.78 is 5.19. The van der Waals surface area contributed by atoms with Gasteiger partial charge in [-0.25, -0.2) is 4.99 Å². The summed E-state index contributed by atoms with van der Waals surface area (Å²) in [4.78, 5) is 22.3. The van der Waals surface area contributed by atoms with E-state index in [0.29, 0.717) is 18.9 Å². The largest absolute Gasteiger partial charge is 0.507 e. The number of likely N-dealkylation sites (tertiary alicyclic amines) is 1. The van der Waals surface area contributed by atoms with E-state index in [4.69, 9.17) is 9.73 Å². The molecule has 36 heavy (non-hydrogen) atoms. The first kappa shape index (κ1) is 26.0. The molecule has 1 aliphatic carbocycles. The number of allylic oxidation sites excluding steroid dienone is 2. The summed E-state index contributed by atoms with van der Waals surface area (Å²) >= 11 is 0. The van der Waals surface area contributed by atoms with Gasteiger partial charge in [-0.1, -0.05) is 49.3 Å². The number of nitrogens with zero attached hydrogens (tertiary/aromatic N) is 3. The maximum atomic E-state index is 12.7. The number of methoxy groups -OCH3 is 1. The van der Waals surface area contributed by atoms with Gasteiger partial charge in [0.15, 0.2) is 0 Å². The lowest BCUT2D eigenvalue weighted by Gasteiger charge is -2.41. The Morgan fingerprint density at radius 2 is 2.00 bits per heavy atom. The van der Waals surface area contributed by atoms with Gasteiger partial charge >= 0.3 is 0 Å². The lowest BCUT2D eigenvalue weighted by Crippen LogP contribution is -2.47. The highest BCUT2D eigenvalue weighted by Gasteiger charge is 2.33. The lowest BCUT2D eigenvalue weighted by molar-refractivity contribution is -0.123. The molecule has 0 saturated carbocycles. The van der Waals surface area contributed by atoms with Crippen LogP contribution in [0.1, 0.15) is 51.5 Å². The number of hydrogen-bond acceptors (Lipinski definition) is 6. The first-order valence-corrected chi connectivity index (χ1v) is 13.1. The average molecular weight is 493 g/mol. The average Bonchev–Trinajstić information content (AvgIpc) is 2.88. The summed E-state index contributed by atoms with van der Waals surface area (Å²) in [6, 6.07) is 7.63. The number of rotatable bonds is 9. The molecule has 0 bridgehead atoms. The molecule has 1 aromatic rings. The maximum absolute atomic E-state index is 12.7. The Balaban J connectivity index is 1.48. The fraction of sp³-hybridized carbons (Fsp3) is 0.517. The Morgan fingerprint density at radius 3 is 2.69 bits per heavy atom. The fourth-order valence-electron chi connectivity index (χ4n) is 5.30. The summed E-state index contributed by atoms with van der Waals surface area (Å²) in [6.45, 7) is 6.60. The number of carbonyl (C=O) groups excluding carboxylic acids is 1. The fourth-order valence-corrected chi connectivity index (χ4v) is 5.30. The van der Waals surface area contributed by atoms with E-state index in [9.17, 15) is 9.90 Å². The number of amides is 1. The first-order valence-electron chi connectivity index (χ1n) is 13.1. The molecule has 1 amide bonds. The molecule has 2 heterocycles. The summed E-state index contributed by atoms with van der Waals surface area (Å²) in [6.07, 6.45) is 10.8. The number of carbonyl (C=O) groups is 1. The van der Waals surface area contributed by atoms with Crippen LogP contribution in [0, 0.1) is 5.92 Å². The molecular weight excluding hydrogens is 452 g/mol. The predicted octanol–water partition coefficient (Wildman–Crippen LogP) is 4.21. The Kier molecular flexibility index (Phi) is 8.52. The number of nitrogens with one attached hydrogen (secondary N) is 1. The number of aromatic hydroxyl groups is 1. The summed E-state index contributed by atoms with van der Waals surface area (Å²) in [5.74, 6) is 2.48. The van der Waals surface area contributed by atoms with Crippen molar-refractivity contribution in [1.29, 1.82) is 0 Å². The van der Waals surface area contributed by atoms with Crippen molar-refractivity contribution in [3.05, 3.63) is 65.0 Å². The monoisotopic (exact) mass is 492 g/mol. The molecule has 2 atom stereocenters. The number of ether oxygens (including phenoxy) is 1. The minimum Gasteiger partial charge on any atom is -0.507 e. The summed E-state index contributed by atoms with van der Waals surface area (Å²) in [5, 5.41) is 13.8. The number of hydrogen-bond donors (Lipinski definition) is 2. The van der Waals surface area contributed by atoms with Crippen LogP contribution >= 0.6 is 0 Å². The molecule has 7 heteroatoms. The van der Waals surface area contributed by atoms with E-state index in [-0.39, 0.29) is 23.7 Å². The predicted molar refractivity (Wildman–Crippen MR) is 144 cm³/mol. The Bertz CT molecular complexity index is 1070. The SMILES string of the molecule is CCC(CCOC)CC(=O)NC1CCN(C2=C3C=CC(C)=CC3N(C)C(c3ccccc3O)=N2)CC1. The Hall–Kier alpha value is -3.06. The number of benzene rings is 1. The van der Waals surface area contributed by atoms with E-state index in [1.165, 1.54) is 11.1 Å². The molecule has 0 radical (unpaired) electrons. The van der Waals surface area contributed by atoms with Crippen LogP contribution < -0.4 is 5.32 Å². The maximum Gasteiger partial charge on any atom is 0.220 e. The minimum absolute atomic E-state index is 0.0626. The van der Waals surface area contributed by atoms with E-state index in [1.807, 2.05) is 25.2 Å². The third-order valence-corrected chi connectivity index (χ3v) is 7.57. The smallest absolute Gasteiger partial charge is 0.220 e. The minimum atomic E-state index is 0.0626. The van der Waals surface area contributed by atoms with Crippen LogP contribution in [0.5, 0.6) is 5.75 Å². The van der Waals surface area contributed by atoms with Crippen molar-refractivity contribution in [3.63, 3.8) is 0 Å². The molecule has 2 unspecified atom stereocenters. The second kappa shape index (κ2) is 11.8. The van der Waals surface area contributed by atoms with E-state index in [1.54, 1.807) is 13.2 Å². The number of likely N-dealkylation sites (N-methyl/N-ethyl adjacent to an activating group) is 1. The van der Waals surface area contributed by atoms with Gasteiger partial charge < -0.3 is 25.0 Å². The molecular formula is C29H40N4O3. The standard InChI is InChI=1S/C29H40N4O3/c1-5-21(14-17-36-4)19-27(35)30-22-12-15-33(16-13-22)29-23-11-10-20(2)18-25(23)32(3)28(31-29)24-8-6-7-9-26(24)34/h6-11,18,21-22,25,34H,5,12-17,19H2,1-4H3,(H,30,35). The van der Waals surface area contributed by atoms with Crippen LogP contribution in [0.15, 0.2) is 64.5 Å². The molecule has 1 saturated heterocycles. The second-order valence-electron chi connectivity index (χ2n) is 10.1. The quantitative estimate of drug-likeness (QED) is 0.540. The van der Waals surface area contributed by atoms with Crippen molar-refractivity contribution in [2.45, 2.75) is 58.0 Å². The number of phenolic OH excluding ortho intramolecular Hbond substituents is 1. The van der Waals surface area contributed by atoms with Gasteiger partial charge in [-0.3, -0.25) is 4.79 Å². The molecule has 0 aromatic heterocycles. The molecule has 194 valence electrons. The van der Waals surface area contributed by atoms with E-state index >= 15 is 0 Å². The topological polar surface area (TPSA) is 77.4 Å². The number of aliphatic imine (C=N–C) groups is 1. The number of piperidine rings is 1. The number of fused-ring (bicyclic) bond motifs is 1. The van der Waals surface area contributed by atoms with Gasteiger partial charge in [0.05, 0.1) is 11.6 Å². The van der Waals surface area contributed by atoms with Crippen molar-refractivity contribution < 1.29 is 14.6 Å². The normalized spacial score (nSPS) is 21.2. The lowest BCUT2D eigenvalue weighted by atomic mass is 9.93. The zero-order chi connectivity index (χ0) is 25.7. The van der Waals surface area contributed by atoms with Crippen molar-refractivity contribution >= 4 is 11.7 Å². The number of para-hydroxylation sites is 1. The highest BCUT2D eigenvalue weighted by Crippen LogP contribution is 2.34. The van der Waals surface area contributed by atoms with E-state index < -0.39 is 0 Å². The van der Waals surface area contributed by atoms with Gasteiger partial charge in [-0.2, -0.15) is 0 Å². The molecule has 2 N–H and O–H groups in total. The zero-order valence-electron chi connectivity index (χ0n) is 22.0. The molecule has 0 spiro atoms. The zero-order valence-corrected chi connectivity index (χ0v) is 22.0. The van der Waals surface area contributed by atoms with Crippen molar-refractivity contribution in [1.82, 2.24) is 15.1 Å². The molecule has 1 fully saturated rings. The molecule has 3 aliphatic rings. The van der Waals surface area contributed by atoms with Crippen molar-refractivity contribution in [2.24, 2.45) is 10.9 Å². The number of amidine groups is 1. The number of phenols is 1. The van der Waals surface area contributed by atoms with Crippen LogP contribution in [0.25, 0.3) is 0 Å². The summed E-state index contributed by atoms with van der Waals surface area (Å²) in [7, 11) is 3.74. The summed E-state index contributed by atoms with van der Waals surface area (Å²) in [5.41, 5.74) is 3.12. The highest BCUT2D eigenvalue weighted by atomic mass is 16.5. The Labute approximate surface area is 215 Å². The third kappa shape index (κ3) is 5.84. The van der Waals surface area contributed by atoms with Crippen molar-refractivity contribution in [2.75, 3.05) is 33.9 Å². The molecule has 1 aromatic carbocycles. The molecule has 2 aliphatic heterocycles. The van der Waals surface area contributed by atoms with E-state index in [0.717, 1.165) is 56.0 Å². The Morgan fingerprint density at radius 1 is 1.25 bits per heavy atom. The van der Waals surface area contributed by atoms with E-state index in [2.05, 4.69) is 47.2 Å². The van der Waals surface area contributed by atoms with Gasteiger partial charge in [0.2, 0.25) is 5.91 Å². The van der Waals surface area contributed by atoms with Gasteiger partial charge in [0, 0.05) is 51.9 Å². The van der Waals surface area contributed by atoms with Crippen LogP contribution in [-0.2, 0) is 9.53 Å².